The van der Waals surface area contributed by atoms with Gasteiger partial charge in [-0.25, -0.2) is 4.79 Å². The molecular weight excluding hydrogens is 384 g/mol. The first-order valence-electron chi connectivity index (χ1n) is 8.80. The quantitative estimate of drug-likeness (QED) is 0.746. The lowest BCUT2D eigenvalue weighted by Crippen LogP contribution is -2.36. The summed E-state index contributed by atoms with van der Waals surface area (Å²) in [5.74, 6) is -0.531. The van der Waals surface area contributed by atoms with E-state index in [0.717, 1.165) is 18.8 Å². The predicted molar refractivity (Wildman–Crippen MR) is 106 cm³/mol. The molecule has 1 N–H and O–H groups in total. The van der Waals surface area contributed by atoms with Gasteiger partial charge in [0, 0.05) is 18.8 Å². The number of para-hydroxylation sites is 1. The molecule has 2 aromatic carbocycles. The first-order chi connectivity index (χ1) is 13.6. The van der Waals surface area contributed by atoms with Crippen LogP contribution in [0.4, 0.5) is 11.4 Å². The number of esters is 1. The fourth-order valence-electron chi connectivity index (χ4n) is 2.83. The Morgan fingerprint density at radius 2 is 1.93 bits per heavy atom. The van der Waals surface area contributed by atoms with Gasteiger partial charge in [0.25, 0.3) is 5.91 Å². The van der Waals surface area contributed by atoms with Gasteiger partial charge in [0.2, 0.25) is 0 Å². The summed E-state index contributed by atoms with van der Waals surface area (Å²) in [5.41, 5.74) is 1.50. The van der Waals surface area contributed by atoms with E-state index in [1.165, 1.54) is 7.11 Å². The van der Waals surface area contributed by atoms with Crippen LogP contribution in [0, 0.1) is 0 Å². The van der Waals surface area contributed by atoms with Crippen molar-refractivity contribution < 1.29 is 23.8 Å². The lowest BCUT2D eigenvalue weighted by atomic mass is 10.1. The van der Waals surface area contributed by atoms with E-state index in [0.29, 0.717) is 29.7 Å². The highest BCUT2D eigenvalue weighted by atomic mass is 35.5. The maximum Gasteiger partial charge on any atom is 0.340 e. The molecule has 0 saturated carbocycles. The van der Waals surface area contributed by atoms with Gasteiger partial charge in [-0.2, -0.15) is 0 Å². The lowest BCUT2D eigenvalue weighted by molar-refractivity contribution is -0.118. The van der Waals surface area contributed by atoms with Crippen molar-refractivity contribution in [2.45, 2.75) is 0 Å². The number of carbonyl (C=O) groups excluding carboxylic acids is 2. The predicted octanol–water partition coefficient (Wildman–Crippen LogP) is 2.98. The molecule has 0 aliphatic carbocycles. The Labute approximate surface area is 168 Å². The van der Waals surface area contributed by atoms with Crippen molar-refractivity contribution >= 4 is 34.9 Å². The molecule has 0 radical (unpaired) electrons. The average Bonchev–Trinajstić information content (AvgIpc) is 2.73. The van der Waals surface area contributed by atoms with Gasteiger partial charge in [0.05, 0.1) is 36.6 Å². The van der Waals surface area contributed by atoms with Gasteiger partial charge in [-0.15, -0.1) is 0 Å². The average molecular weight is 405 g/mol. The van der Waals surface area contributed by atoms with Crippen LogP contribution in [-0.4, -0.2) is 51.9 Å². The molecule has 7 nitrogen and oxygen atoms in total. The molecule has 1 aliphatic rings. The van der Waals surface area contributed by atoms with Gasteiger partial charge in [-0.05, 0) is 30.3 Å². The molecule has 0 aromatic heterocycles. The summed E-state index contributed by atoms with van der Waals surface area (Å²) in [6, 6.07) is 12.1. The number of ether oxygens (including phenoxy) is 3. The minimum Gasteiger partial charge on any atom is -0.482 e. The van der Waals surface area contributed by atoms with Crippen LogP contribution in [0.15, 0.2) is 42.5 Å². The van der Waals surface area contributed by atoms with Crippen LogP contribution in [0.1, 0.15) is 10.4 Å². The standard InChI is InChI=1S/C20H21ClN2O5/c1-26-20(25)15-12-14(23-8-10-27-11-9-23)6-7-17(15)22-19(24)13-28-18-5-3-2-4-16(18)21/h2-7,12H,8-11,13H2,1H3,(H,22,24). The smallest absolute Gasteiger partial charge is 0.340 e. The number of hydrogen-bond donors (Lipinski definition) is 1. The molecule has 1 saturated heterocycles. The van der Waals surface area contributed by atoms with E-state index in [1.54, 1.807) is 36.4 Å². The van der Waals surface area contributed by atoms with Crippen LogP contribution in [0.25, 0.3) is 0 Å². The second-order valence-electron chi connectivity index (χ2n) is 6.09. The van der Waals surface area contributed by atoms with Crippen LogP contribution in [0.3, 0.4) is 0 Å². The van der Waals surface area contributed by atoms with Gasteiger partial charge in [-0.1, -0.05) is 23.7 Å². The topological polar surface area (TPSA) is 77.1 Å². The first kappa shape index (κ1) is 20.0. The van der Waals surface area contributed by atoms with Crippen molar-refractivity contribution in [3.05, 3.63) is 53.1 Å². The highest BCUT2D eigenvalue weighted by molar-refractivity contribution is 6.32. The molecule has 148 valence electrons. The van der Waals surface area contributed by atoms with E-state index in [1.807, 2.05) is 6.07 Å². The first-order valence-corrected chi connectivity index (χ1v) is 9.18. The fourth-order valence-corrected chi connectivity index (χ4v) is 3.02. The lowest BCUT2D eigenvalue weighted by Gasteiger charge is -2.29. The molecule has 3 rings (SSSR count). The highest BCUT2D eigenvalue weighted by Gasteiger charge is 2.18. The minimum absolute atomic E-state index is 0.241. The molecule has 1 fully saturated rings. The van der Waals surface area contributed by atoms with Crippen LogP contribution < -0.4 is 15.0 Å². The molecule has 28 heavy (non-hydrogen) atoms. The van der Waals surface area contributed by atoms with Crippen LogP contribution >= 0.6 is 11.6 Å². The minimum atomic E-state index is -0.530. The second kappa shape index (κ2) is 9.43. The number of nitrogens with one attached hydrogen (secondary N) is 1. The van der Waals surface area contributed by atoms with Crippen molar-refractivity contribution in [2.24, 2.45) is 0 Å². The Hall–Kier alpha value is -2.77. The normalized spacial score (nSPS) is 13.7. The van der Waals surface area contributed by atoms with E-state index in [9.17, 15) is 9.59 Å². The van der Waals surface area contributed by atoms with E-state index in [2.05, 4.69) is 10.2 Å². The number of nitrogens with zero attached hydrogens (tertiary/aromatic N) is 1. The number of benzene rings is 2. The number of hydrogen-bond acceptors (Lipinski definition) is 6. The summed E-state index contributed by atoms with van der Waals surface area (Å²) in [6.45, 7) is 2.49. The van der Waals surface area contributed by atoms with Crippen LogP contribution in [0.2, 0.25) is 5.02 Å². The van der Waals surface area contributed by atoms with Crippen molar-refractivity contribution in [2.75, 3.05) is 50.2 Å². The number of morpholine rings is 1. The summed E-state index contributed by atoms with van der Waals surface area (Å²) >= 11 is 6.01. The van der Waals surface area contributed by atoms with Gasteiger partial charge < -0.3 is 24.4 Å². The number of anilines is 2. The molecule has 0 unspecified atom stereocenters. The zero-order valence-corrected chi connectivity index (χ0v) is 16.2. The van der Waals surface area contributed by atoms with Crippen molar-refractivity contribution in [3.8, 4) is 5.75 Å². The number of rotatable bonds is 6. The zero-order chi connectivity index (χ0) is 19.9. The van der Waals surface area contributed by atoms with Crippen molar-refractivity contribution in [3.63, 3.8) is 0 Å². The number of amides is 1. The van der Waals surface area contributed by atoms with Gasteiger partial charge >= 0.3 is 5.97 Å². The maximum absolute atomic E-state index is 12.3. The number of halogens is 1. The summed E-state index contributed by atoms with van der Waals surface area (Å²) in [7, 11) is 1.30. The Morgan fingerprint density at radius 3 is 2.64 bits per heavy atom. The Balaban J connectivity index is 1.71. The van der Waals surface area contributed by atoms with E-state index < -0.39 is 11.9 Å². The van der Waals surface area contributed by atoms with E-state index in [-0.39, 0.29) is 12.2 Å². The Bertz CT molecular complexity index is 852. The van der Waals surface area contributed by atoms with Crippen molar-refractivity contribution in [1.29, 1.82) is 0 Å². The van der Waals surface area contributed by atoms with E-state index in [4.69, 9.17) is 25.8 Å². The summed E-state index contributed by atoms with van der Waals surface area (Å²) < 4.78 is 15.7. The molecule has 1 amide bonds. The molecular formula is C20H21ClN2O5. The molecule has 8 heteroatoms. The Kier molecular flexibility index (Phi) is 6.73. The van der Waals surface area contributed by atoms with Gasteiger partial charge in [-0.3, -0.25) is 4.79 Å². The van der Waals surface area contributed by atoms with Crippen molar-refractivity contribution in [1.82, 2.24) is 0 Å². The SMILES string of the molecule is COC(=O)c1cc(N2CCOCC2)ccc1NC(=O)COc1ccccc1Cl. The number of carbonyl (C=O) groups is 2. The molecule has 0 spiro atoms. The maximum atomic E-state index is 12.3. The van der Waals surface area contributed by atoms with Crippen LogP contribution in [0.5, 0.6) is 5.75 Å². The fraction of sp³-hybridized carbons (Fsp3) is 0.300. The van der Waals surface area contributed by atoms with E-state index >= 15 is 0 Å². The molecule has 2 aromatic rings. The summed E-state index contributed by atoms with van der Waals surface area (Å²) in [5, 5.41) is 3.11. The number of methoxy groups -OCH3 is 1. The third-order valence-corrected chi connectivity index (χ3v) is 4.57. The molecule has 1 heterocycles. The Morgan fingerprint density at radius 1 is 1.18 bits per heavy atom. The van der Waals surface area contributed by atoms with Crippen LogP contribution in [-0.2, 0) is 14.3 Å². The summed E-state index contributed by atoms with van der Waals surface area (Å²) in [4.78, 5) is 26.6. The molecule has 0 atom stereocenters. The second-order valence-corrected chi connectivity index (χ2v) is 6.50. The van der Waals surface area contributed by atoms with Gasteiger partial charge in [0.15, 0.2) is 6.61 Å². The summed E-state index contributed by atoms with van der Waals surface area (Å²) in [6.07, 6.45) is 0. The van der Waals surface area contributed by atoms with Gasteiger partial charge in [0.1, 0.15) is 5.75 Å². The monoisotopic (exact) mass is 404 g/mol. The third kappa shape index (κ3) is 4.94. The molecule has 0 bridgehead atoms. The molecule has 1 aliphatic heterocycles. The largest absolute Gasteiger partial charge is 0.482 e. The third-order valence-electron chi connectivity index (χ3n) is 4.25. The highest BCUT2D eigenvalue weighted by Crippen LogP contribution is 2.26. The zero-order valence-electron chi connectivity index (χ0n) is 15.4.